The number of rotatable bonds is 3. The number of aryl methyl sites for hydroxylation is 1. The molecule has 1 amide bonds. The van der Waals surface area contributed by atoms with Crippen molar-refractivity contribution in [1.29, 1.82) is 0 Å². The molecule has 19 heavy (non-hydrogen) atoms. The van der Waals surface area contributed by atoms with E-state index >= 15 is 0 Å². The molecule has 0 saturated carbocycles. The number of furan rings is 1. The topological polar surface area (TPSA) is 42.2 Å². The molecule has 3 nitrogen and oxygen atoms in total. The van der Waals surface area contributed by atoms with Crippen LogP contribution >= 0.6 is 11.8 Å². The number of fused-ring (bicyclic) bond motifs is 1. The summed E-state index contributed by atoms with van der Waals surface area (Å²) in [6, 6.07) is 9.63. The van der Waals surface area contributed by atoms with Gasteiger partial charge in [-0.05, 0) is 54.5 Å². The molecule has 0 spiro atoms. The third-order valence-electron chi connectivity index (χ3n) is 3.17. The van der Waals surface area contributed by atoms with Crippen LogP contribution in [-0.2, 0) is 13.0 Å². The van der Waals surface area contributed by atoms with E-state index in [-0.39, 0.29) is 5.91 Å². The van der Waals surface area contributed by atoms with Gasteiger partial charge in [-0.1, -0.05) is 0 Å². The molecule has 0 atom stereocenters. The highest BCUT2D eigenvalue weighted by atomic mass is 32.2. The zero-order valence-corrected chi connectivity index (χ0v) is 11.3. The first-order valence-electron chi connectivity index (χ1n) is 6.39. The second-order valence-electron chi connectivity index (χ2n) is 4.54. The summed E-state index contributed by atoms with van der Waals surface area (Å²) in [5.74, 6) is 1.90. The fraction of sp³-hybridized carbons (Fsp3) is 0.267. The summed E-state index contributed by atoms with van der Waals surface area (Å²) < 4.78 is 5.19. The van der Waals surface area contributed by atoms with Crippen LogP contribution in [-0.4, -0.2) is 11.7 Å². The minimum absolute atomic E-state index is 0.0465. The molecule has 2 aromatic rings. The summed E-state index contributed by atoms with van der Waals surface area (Å²) in [6.45, 7) is 0.428. The normalized spacial score (nSPS) is 13.9. The second-order valence-corrected chi connectivity index (χ2v) is 5.67. The molecule has 0 radical (unpaired) electrons. The van der Waals surface area contributed by atoms with Crippen LogP contribution in [0.1, 0.15) is 28.1 Å². The Morgan fingerprint density at radius 2 is 2.32 bits per heavy atom. The Bertz CT molecular complexity index is 578. The van der Waals surface area contributed by atoms with Gasteiger partial charge in [0.2, 0.25) is 0 Å². The van der Waals surface area contributed by atoms with Crippen molar-refractivity contribution >= 4 is 17.7 Å². The average Bonchev–Trinajstić information content (AvgIpc) is 2.97. The third-order valence-corrected chi connectivity index (χ3v) is 4.38. The molecule has 3 rings (SSSR count). The van der Waals surface area contributed by atoms with Gasteiger partial charge in [0.1, 0.15) is 5.76 Å². The van der Waals surface area contributed by atoms with E-state index in [1.807, 2.05) is 36.0 Å². The van der Waals surface area contributed by atoms with E-state index in [4.69, 9.17) is 4.42 Å². The maximum Gasteiger partial charge on any atom is 0.251 e. The molecule has 0 unspecified atom stereocenters. The van der Waals surface area contributed by atoms with Crippen LogP contribution in [0.15, 0.2) is 45.9 Å². The zero-order chi connectivity index (χ0) is 13.1. The molecular formula is C15H15NO2S. The number of carbonyl (C=O) groups is 1. The Balaban J connectivity index is 1.69. The summed E-state index contributed by atoms with van der Waals surface area (Å²) in [5.41, 5.74) is 2.02. The molecule has 98 valence electrons. The van der Waals surface area contributed by atoms with Crippen LogP contribution in [0.5, 0.6) is 0 Å². The Hall–Kier alpha value is -1.68. The van der Waals surface area contributed by atoms with Gasteiger partial charge in [0.05, 0.1) is 12.8 Å². The highest BCUT2D eigenvalue weighted by molar-refractivity contribution is 7.99. The lowest BCUT2D eigenvalue weighted by molar-refractivity contribution is 0.0948. The fourth-order valence-electron chi connectivity index (χ4n) is 2.18. The Morgan fingerprint density at radius 1 is 1.37 bits per heavy atom. The molecule has 0 aliphatic carbocycles. The maximum atomic E-state index is 12.1. The number of amides is 1. The summed E-state index contributed by atoms with van der Waals surface area (Å²) in [4.78, 5) is 13.4. The largest absolute Gasteiger partial charge is 0.467 e. The minimum atomic E-state index is -0.0465. The van der Waals surface area contributed by atoms with E-state index in [0.717, 1.165) is 17.7 Å². The van der Waals surface area contributed by atoms with Crippen molar-refractivity contribution in [3.63, 3.8) is 0 Å². The summed E-state index contributed by atoms with van der Waals surface area (Å²) >= 11 is 1.87. The number of carbonyl (C=O) groups excluding carboxylic acids is 1. The van der Waals surface area contributed by atoms with Crippen LogP contribution in [0, 0.1) is 0 Å². The van der Waals surface area contributed by atoms with Gasteiger partial charge in [0, 0.05) is 10.5 Å². The summed E-state index contributed by atoms with van der Waals surface area (Å²) in [6.07, 6.45) is 3.87. The SMILES string of the molecule is O=C(NCc1ccco1)c1ccc2c(c1)CCCS2. The number of hydrogen-bond donors (Lipinski definition) is 1. The predicted octanol–water partition coefficient (Wildman–Crippen LogP) is 3.25. The predicted molar refractivity (Wildman–Crippen MR) is 75.4 cm³/mol. The Morgan fingerprint density at radius 3 is 3.16 bits per heavy atom. The lowest BCUT2D eigenvalue weighted by atomic mass is 10.1. The zero-order valence-electron chi connectivity index (χ0n) is 10.5. The first kappa shape index (κ1) is 12.4. The number of thioether (sulfide) groups is 1. The Labute approximate surface area is 116 Å². The van der Waals surface area contributed by atoms with Crippen molar-refractivity contribution in [3.05, 3.63) is 53.5 Å². The van der Waals surface area contributed by atoms with Crippen molar-refractivity contribution in [1.82, 2.24) is 5.32 Å². The van der Waals surface area contributed by atoms with Gasteiger partial charge in [-0.2, -0.15) is 0 Å². The van der Waals surface area contributed by atoms with Gasteiger partial charge in [-0.15, -0.1) is 11.8 Å². The van der Waals surface area contributed by atoms with E-state index in [1.165, 1.54) is 22.6 Å². The van der Waals surface area contributed by atoms with Gasteiger partial charge >= 0.3 is 0 Å². The first-order valence-corrected chi connectivity index (χ1v) is 7.38. The van der Waals surface area contributed by atoms with Gasteiger partial charge in [-0.25, -0.2) is 0 Å². The van der Waals surface area contributed by atoms with E-state index in [2.05, 4.69) is 11.4 Å². The van der Waals surface area contributed by atoms with E-state index in [0.29, 0.717) is 6.54 Å². The maximum absolute atomic E-state index is 12.1. The highest BCUT2D eigenvalue weighted by Crippen LogP contribution is 2.30. The van der Waals surface area contributed by atoms with E-state index in [9.17, 15) is 4.79 Å². The minimum Gasteiger partial charge on any atom is -0.467 e. The standard InChI is InChI=1S/C15H15NO2S/c17-15(16-10-13-4-1-7-18-13)12-5-6-14-11(9-12)3-2-8-19-14/h1,4-7,9H,2-3,8,10H2,(H,16,17). The molecule has 0 fully saturated rings. The van der Waals surface area contributed by atoms with Crippen LogP contribution in [0.25, 0.3) is 0 Å². The lowest BCUT2D eigenvalue weighted by Crippen LogP contribution is -2.22. The van der Waals surface area contributed by atoms with Crippen LogP contribution in [0.4, 0.5) is 0 Å². The molecule has 1 aromatic carbocycles. The monoisotopic (exact) mass is 273 g/mol. The second kappa shape index (κ2) is 5.53. The van der Waals surface area contributed by atoms with Crippen molar-refractivity contribution < 1.29 is 9.21 Å². The molecule has 4 heteroatoms. The third kappa shape index (κ3) is 2.84. The first-order chi connectivity index (χ1) is 9.33. The van der Waals surface area contributed by atoms with E-state index in [1.54, 1.807) is 6.26 Å². The van der Waals surface area contributed by atoms with Gasteiger partial charge in [-0.3, -0.25) is 4.79 Å². The molecule has 1 aliphatic heterocycles. The molecule has 0 saturated heterocycles. The van der Waals surface area contributed by atoms with Gasteiger partial charge < -0.3 is 9.73 Å². The molecule has 1 N–H and O–H groups in total. The molecule has 2 heterocycles. The number of benzene rings is 1. The summed E-state index contributed by atoms with van der Waals surface area (Å²) in [5, 5.41) is 2.87. The molecule has 1 aromatic heterocycles. The average molecular weight is 273 g/mol. The highest BCUT2D eigenvalue weighted by Gasteiger charge is 2.13. The van der Waals surface area contributed by atoms with E-state index < -0.39 is 0 Å². The van der Waals surface area contributed by atoms with Crippen molar-refractivity contribution in [2.75, 3.05) is 5.75 Å². The van der Waals surface area contributed by atoms with Gasteiger partial charge in [0.25, 0.3) is 5.91 Å². The van der Waals surface area contributed by atoms with Crippen molar-refractivity contribution in [2.45, 2.75) is 24.3 Å². The van der Waals surface area contributed by atoms with Crippen molar-refractivity contribution in [3.8, 4) is 0 Å². The molecular weight excluding hydrogens is 258 g/mol. The number of nitrogens with one attached hydrogen (secondary N) is 1. The quantitative estimate of drug-likeness (QED) is 0.933. The molecule has 1 aliphatic rings. The summed E-state index contributed by atoms with van der Waals surface area (Å²) in [7, 11) is 0. The van der Waals surface area contributed by atoms with Crippen LogP contribution in [0.2, 0.25) is 0 Å². The van der Waals surface area contributed by atoms with Gasteiger partial charge in [0.15, 0.2) is 0 Å². The Kier molecular flexibility index (Phi) is 3.60. The fourth-order valence-corrected chi connectivity index (χ4v) is 3.20. The molecule has 0 bridgehead atoms. The number of hydrogen-bond acceptors (Lipinski definition) is 3. The van der Waals surface area contributed by atoms with Crippen LogP contribution < -0.4 is 5.32 Å². The van der Waals surface area contributed by atoms with Crippen LogP contribution in [0.3, 0.4) is 0 Å². The van der Waals surface area contributed by atoms with Crippen molar-refractivity contribution in [2.24, 2.45) is 0 Å². The smallest absolute Gasteiger partial charge is 0.251 e. The lowest BCUT2D eigenvalue weighted by Gasteiger charge is -2.15.